The number of rotatable bonds is 4. The molecule has 4 rings (SSSR count). The second kappa shape index (κ2) is 6.18. The minimum atomic E-state index is -0.425. The maximum atomic E-state index is 12.4. The van der Waals surface area contributed by atoms with Crippen LogP contribution in [0.2, 0.25) is 0 Å². The third-order valence-corrected chi connectivity index (χ3v) is 4.87. The van der Waals surface area contributed by atoms with Gasteiger partial charge in [-0.2, -0.15) is 0 Å². The predicted octanol–water partition coefficient (Wildman–Crippen LogP) is 2.95. The Kier molecular flexibility index (Phi) is 3.85. The van der Waals surface area contributed by atoms with E-state index >= 15 is 0 Å². The van der Waals surface area contributed by atoms with Gasteiger partial charge in [-0.25, -0.2) is 0 Å². The van der Waals surface area contributed by atoms with Crippen molar-refractivity contribution in [2.75, 3.05) is 0 Å². The van der Waals surface area contributed by atoms with Crippen LogP contribution in [0.25, 0.3) is 11.0 Å². The van der Waals surface area contributed by atoms with Gasteiger partial charge in [0.25, 0.3) is 5.24 Å². The summed E-state index contributed by atoms with van der Waals surface area (Å²) < 4.78 is 5.62. The zero-order valence-electron chi connectivity index (χ0n) is 12.9. The Morgan fingerprint density at radius 1 is 1.20 bits per heavy atom. The van der Waals surface area contributed by atoms with Crippen LogP contribution in [-0.4, -0.2) is 27.2 Å². The van der Waals surface area contributed by atoms with Crippen molar-refractivity contribution in [3.63, 3.8) is 0 Å². The van der Waals surface area contributed by atoms with Crippen molar-refractivity contribution in [2.24, 2.45) is 0 Å². The van der Waals surface area contributed by atoms with E-state index in [-0.39, 0.29) is 22.7 Å². The summed E-state index contributed by atoms with van der Waals surface area (Å²) in [5.41, 5.74) is 1.80. The van der Waals surface area contributed by atoms with Gasteiger partial charge in [-0.15, -0.1) is 0 Å². The minimum Gasteiger partial charge on any atom is -0.453 e. The molecule has 1 aliphatic rings. The van der Waals surface area contributed by atoms with E-state index in [0.29, 0.717) is 17.7 Å². The number of hydrogen-bond donors (Lipinski definition) is 1. The first-order valence-electron chi connectivity index (χ1n) is 7.60. The van der Waals surface area contributed by atoms with Crippen LogP contribution < -0.4 is 5.32 Å². The first-order chi connectivity index (χ1) is 12.1. The molecule has 6 nitrogen and oxygen atoms in total. The number of benzene rings is 1. The summed E-state index contributed by atoms with van der Waals surface area (Å²) in [7, 11) is 0. The molecule has 2 aromatic heterocycles. The molecule has 1 aliphatic heterocycles. The van der Waals surface area contributed by atoms with E-state index < -0.39 is 5.25 Å². The largest absolute Gasteiger partial charge is 0.453 e. The number of fused-ring (bicyclic) bond motifs is 1. The second-order valence-electron chi connectivity index (χ2n) is 5.61. The number of hydrogen-bond acceptors (Lipinski definition) is 6. The summed E-state index contributed by atoms with van der Waals surface area (Å²) in [6.45, 7) is 0. The highest BCUT2D eigenvalue weighted by atomic mass is 32.2. The van der Waals surface area contributed by atoms with Crippen molar-refractivity contribution in [1.82, 2.24) is 10.3 Å². The molecule has 0 radical (unpaired) electrons. The molecule has 1 fully saturated rings. The standard InChI is InChI=1S/C18H12N2O4S/c21-16(12-3-1-2-6-19-12)14-9-11-7-10(4-5-13(11)24-14)8-15-17(22)20-18(23)25-15/h1-7,9,15H,8H2,(H,20,22,23). The van der Waals surface area contributed by atoms with Gasteiger partial charge in [0.1, 0.15) is 11.3 Å². The molecule has 1 atom stereocenters. The number of nitrogens with one attached hydrogen (secondary N) is 1. The number of imide groups is 1. The summed E-state index contributed by atoms with van der Waals surface area (Å²) in [6.07, 6.45) is 1.99. The number of aromatic nitrogens is 1. The van der Waals surface area contributed by atoms with Gasteiger partial charge in [-0.05, 0) is 42.3 Å². The van der Waals surface area contributed by atoms with Crippen molar-refractivity contribution < 1.29 is 18.8 Å². The van der Waals surface area contributed by atoms with E-state index in [1.54, 1.807) is 36.5 Å². The van der Waals surface area contributed by atoms with Crippen LogP contribution in [0.1, 0.15) is 21.8 Å². The third kappa shape index (κ3) is 3.06. The first-order valence-corrected chi connectivity index (χ1v) is 8.48. The van der Waals surface area contributed by atoms with Gasteiger partial charge in [0.15, 0.2) is 5.76 Å². The molecule has 1 saturated heterocycles. The Bertz CT molecular complexity index is 997. The molecule has 0 spiro atoms. The number of carbonyl (C=O) groups excluding carboxylic acids is 3. The van der Waals surface area contributed by atoms with Gasteiger partial charge in [0.05, 0.1) is 5.25 Å². The number of amides is 2. The van der Waals surface area contributed by atoms with Crippen LogP contribution in [0.5, 0.6) is 0 Å². The Hall–Kier alpha value is -2.93. The van der Waals surface area contributed by atoms with E-state index in [4.69, 9.17) is 4.42 Å². The molecule has 0 aliphatic carbocycles. The molecular weight excluding hydrogens is 340 g/mol. The summed E-state index contributed by atoms with van der Waals surface area (Å²) >= 11 is 0.996. The molecule has 1 aromatic carbocycles. The fourth-order valence-electron chi connectivity index (χ4n) is 2.70. The third-order valence-electron chi connectivity index (χ3n) is 3.89. The average Bonchev–Trinajstić information content (AvgIpc) is 3.17. The monoisotopic (exact) mass is 352 g/mol. The zero-order chi connectivity index (χ0) is 17.4. The van der Waals surface area contributed by atoms with Crippen LogP contribution in [0.15, 0.2) is 53.1 Å². The Balaban J connectivity index is 1.60. The molecule has 0 saturated carbocycles. The lowest BCUT2D eigenvalue weighted by Gasteiger charge is -2.04. The number of furan rings is 1. The minimum absolute atomic E-state index is 0.217. The topological polar surface area (TPSA) is 89.3 Å². The van der Waals surface area contributed by atoms with Crippen molar-refractivity contribution in [3.05, 3.63) is 65.7 Å². The maximum Gasteiger partial charge on any atom is 0.286 e. The van der Waals surface area contributed by atoms with E-state index in [9.17, 15) is 14.4 Å². The molecule has 25 heavy (non-hydrogen) atoms. The summed E-state index contributed by atoms with van der Waals surface area (Å²) in [5.74, 6) is -0.336. The fourth-order valence-corrected chi connectivity index (χ4v) is 3.56. The van der Waals surface area contributed by atoms with Gasteiger partial charge in [0, 0.05) is 11.6 Å². The van der Waals surface area contributed by atoms with Crippen LogP contribution in [0, 0.1) is 0 Å². The Morgan fingerprint density at radius 3 is 2.80 bits per heavy atom. The lowest BCUT2D eigenvalue weighted by atomic mass is 10.1. The van der Waals surface area contributed by atoms with Crippen molar-refractivity contribution in [1.29, 1.82) is 0 Å². The zero-order valence-corrected chi connectivity index (χ0v) is 13.7. The molecule has 124 valence electrons. The highest BCUT2D eigenvalue weighted by molar-refractivity contribution is 8.15. The highest BCUT2D eigenvalue weighted by Gasteiger charge is 2.31. The Labute approximate surface area is 146 Å². The highest BCUT2D eigenvalue weighted by Crippen LogP contribution is 2.26. The first kappa shape index (κ1) is 15.6. The smallest absolute Gasteiger partial charge is 0.286 e. The van der Waals surface area contributed by atoms with E-state index in [2.05, 4.69) is 10.3 Å². The van der Waals surface area contributed by atoms with E-state index in [1.807, 2.05) is 12.1 Å². The SMILES string of the molecule is O=C1NC(=O)C(Cc2ccc3oc(C(=O)c4ccccn4)cc3c2)S1. The van der Waals surface area contributed by atoms with E-state index in [0.717, 1.165) is 22.7 Å². The second-order valence-corrected chi connectivity index (χ2v) is 6.79. The molecule has 0 bridgehead atoms. The van der Waals surface area contributed by atoms with Crippen molar-refractivity contribution in [3.8, 4) is 0 Å². The van der Waals surface area contributed by atoms with Gasteiger partial charge < -0.3 is 4.42 Å². The van der Waals surface area contributed by atoms with Gasteiger partial charge >= 0.3 is 0 Å². The number of carbonyl (C=O) groups is 3. The molecule has 1 N–H and O–H groups in total. The maximum absolute atomic E-state index is 12.4. The normalized spacial score (nSPS) is 17.0. The summed E-state index contributed by atoms with van der Waals surface area (Å²) in [6, 6.07) is 12.2. The lowest BCUT2D eigenvalue weighted by molar-refractivity contribution is -0.118. The summed E-state index contributed by atoms with van der Waals surface area (Å²) in [5, 5.41) is 2.30. The van der Waals surface area contributed by atoms with Crippen molar-refractivity contribution in [2.45, 2.75) is 11.7 Å². The predicted molar refractivity (Wildman–Crippen MR) is 92.5 cm³/mol. The van der Waals surface area contributed by atoms with E-state index in [1.165, 1.54) is 0 Å². The summed E-state index contributed by atoms with van der Waals surface area (Å²) in [4.78, 5) is 39.4. The fraction of sp³-hybridized carbons (Fsp3) is 0.111. The number of pyridine rings is 1. The number of thioether (sulfide) groups is 1. The van der Waals surface area contributed by atoms with Crippen LogP contribution in [-0.2, 0) is 11.2 Å². The van der Waals surface area contributed by atoms with Gasteiger partial charge in [-0.3, -0.25) is 24.7 Å². The number of ketones is 1. The van der Waals surface area contributed by atoms with Crippen LogP contribution in [0.3, 0.4) is 0 Å². The van der Waals surface area contributed by atoms with Crippen LogP contribution >= 0.6 is 11.8 Å². The lowest BCUT2D eigenvalue weighted by Crippen LogP contribution is -2.25. The molecule has 3 heterocycles. The molecule has 3 aromatic rings. The van der Waals surface area contributed by atoms with Crippen molar-refractivity contribution >= 4 is 39.7 Å². The molecule has 1 unspecified atom stereocenters. The molecular formula is C18H12N2O4S. The Morgan fingerprint density at radius 2 is 2.08 bits per heavy atom. The van der Waals surface area contributed by atoms with Gasteiger partial charge in [0.2, 0.25) is 11.7 Å². The quantitative estimate of drug-likeness (QED) is 0.726. The average molecular weight is 352 g/mol. The number of nitrogens with zero attached hydrogens (tertiary/aromatic N) is 1. The van der Waals surface area contributed by atoms with Crippen LogP contribution in [0.4, 0.5) is 4.79 Å². The van der Waals surface area contributed by atoms with Gasteiger partial charge in [-0.1, -0.05) is 23.9 Å². The molecule has 2 amide bonds. The molecule has 7 heteroatoms.